The predicted octanol–water partition coefficient (Wildman–Crippen LogP) is 2.28. The molecule has 0 spiro atoms. The minimum Gasteiger partial charge on any atom is -0.351 e. The van der Waals surface area contributed by atoms with Gasteiger partial charge in [0.25, 0.3) is 0 Å². The van der Waals surface area contributed by atoms with E-state index in [1.54, 1.807) is 21.0 Å². The zero-order valence-electron chi connectivity index (χ0n) is 8.35. The van der Waals surface area contributed by atoms with Crippen molar-refractivity contribution in [1.29, 1.82) is 0 Å². The fourth-order valence-corrected chi connectivity index (χ4v) is 0.433. The topological polar surface area (TPSA) is 27.7 Å². The summed E-state index contributed by atoms with van der Waals surface area (Å²) >= 11 is 0. The Hall–Kier alpha value is -0.380. The minimum absolute atomic E-state index is 0.516. The van der Waals surface area contributed by atoms with Crippen LogP contribution in [0.5, 0.6) is 0 Å². The molecule has 0 aromatic rings. The number of hydrogen-bond donors (Lipinski definition) is 0. The fourth-order valence-electron chi connectivity index (χ4n) is 0.433. The molecule has 0 rings (SSSR count). The first kappa shape index (κ1) is 11.6. The molecule has 0 fully saturated rings. The molecule has 0 N–H and O–H groups in total. The van der Waals surface area contributed by atoms with Gasteiger partial charge in [0.15, 0.2) is 5.79 Å². The molecule has 0 atom stereocenters. The quantitative estimate of drug-likeness (QED) is 0.203. The lowest BCUT2D eigenvalue weighted by molar-refractivity contribution is -0.412. The van der Waals surface area contributed by atoms with E-state index in [2.05, 4.69) is 6.58 Å². The van der Waals surface area contributed by atoms with Gasteiger partial charge >= 0.3 is 0 Å². The Bertz CT molecular complexity index is 141. The number of rotatable bonds is 6. The lowest BCUT2D eigenvalue weighted by Gasteiger charge is -2.21. The van der Waals surface area contributed by atoms with Crippen molar-refractivity contribution >= 4 is 0 Å². The molecular formula is C9H18O3. The molecule has 3 nitrogen and oxygen atoms in total. The maximum atomic E-state index is 4.98. The summed E-state index contributed by atoms with van der Waals surface area (Å²) in [5, 5.41) is 0. The molecule has 0 radical (unpaired) electrons. The second-order valence-electron chi connectivity index (χ2n) is 3.22. The average molecular weight is 174 g/mol. The van der Waals surface area contributed by atoms with Crippen LogP contribution in [0.15, 0.2) is 12.2 Å². The van der Waals surface area contributed by atoms with Crippen LogP contribution in [-0.2, 0) is 14.5 Å². The van der Waals surface area contributed by atoms with Gasteiger partial charge in [-0.05, 0) is 27.2 Å². The Morgan fingerprint density at radius 1 is 1.42 bits per heavy atom. The van der Waals surface area contributed by atoms with Gasteiger partial charge in [0.2, 0.25) is 0 Å². The van der Waals surface area contributed by atoms with E-state index in [1.165, 1.54) is 0 Å². The van der Waals surface area contributed by atoms with E-state index in [0.29, 0.717) is 6.61 Å². The van der Waals surface area contributed by atoms with Crippen molar-refractivity contribution in [3.05, 3.63) is 12.2 Å². The molecule has 0 heterocycles. The van der Waals surface area contributed by atoms with Crippen LogP contribution in [0.25, 0.3) is 0 Å². The molecule has 72 valence electrons. The van der Waals surface area contributed by atoms with E-state index in [1.807, 2.05) is 6.92 Å². The Balaban J connectivity index is 3.37. The fraction of sp³-hybridized carbons (Fsp3) is 0.778. The van der Waals surface area contributed by atoms with Crippen molar-refractivity contribution < 1.29 is 14.5 Å². The summed E-state index contributed by atoms with van der Waals surface area (Å²) in [6, 6.07) is 0. The highest BCUT2D eigenvalue weighted by Crippen LogP contribution is 2.10. The molecule has 0 saturated heterocycles. The first-order valence-corrected chi connectivity index (χ1v) is 3.98. The van der Waals surface area contributed by atoms with Gasteiger partial charge in [-0.1, -0.05) is 5.57 Å². The summed E-state index contributed by atoms with van der Waals surface area (Å²) < 4.78 is 4.98. The van der Waals surface area contributed by atoms with Gasteiger partial charge in [-0.2, -0.15) is 0 Å². The first-order chi connectivity index (χ1) is 5.48. The van der Waals surface area contributed by atoms with Gasteiger partial charge in [-0.3, -0.25) is 0 Å². The first-order valence-electron chi connectivity index (χ1n) is 3.98. The number of hydrogen-bond acceptors (Lipinski definition) is 3. The van der Waals surface area contributed by atoms with E-state index in [9.17, 15) is 0 Å². The normalized spacial score (nSPS) is 11.7. The summed E-state index contributed by atoms with van der Waals surface area (Å²) in [4.78, 5) is 9.88. The van der Waals surface area contributed by atoms with E-state index >= 15 is 0 Å². The van der Waals surface area contributed by atoms with Crippen LogP contribution in [0, 0.1) is 0 Å². The van der Waals surface area contributed by atoms with Crippen LogP contribution in [0.1, 0.15) is 27.2 Å². The van der Waals surface area contributed by atoms with Crippen LogP contribution in [0.3, 0.4) is 0 Å². The van der Waals surface area contributed by atoms with Crippen molar-refractivity contribution in [2.24, 2.45) is 0 Å². The Morgan fingerprint density at radius 2 is 2.00 bits per heavy atom. The van der Waals surface area contributed by atoms with Gasteiger partial charge in [0.1, 0.15) is 0 Å². The Labute approximate surface area is 74.2 Å². The predicted molar refractivity (Wildman–Crippen MR) is 47.6 cm³/mol. The molecule has 0 bridgehead atoms. The molecule has 3 heteroatoms. The van der Waals surface area contributed by atoms with Crippen LogP contribution < -0.4 is 0 Å². The summed E-state index contributed by atoms with van der Waals surface area (Å²) in [5.74, 6) is -0.672. The van der Waals surface area contributed by atoms with Crippen molar-refractivity contribution in [3.8, 4) is 0 Å². The third kappa shape index (κ3) is 6.34. The molecule has 0 aliphatic carbocycles. The highest BCUT2D eigenvalue weighted by molar-refractivity contribution is 4.86. The number of methoxy groups -OCH3 is 1. The van der Waals surface area contributed by atoms with Crippen molar-refractivity contribution in [2.75, 3.05) is 13.7 Å². The van der Waals surface area contributed by atoms with E-state index in [-0.39, 0.29) is 0 Å². The molecule has 0 aromatic carbocycles. The molecule has 12 heavy (non-hydrogen) atoms. The third-order valence-corrected chi connectivity index (χ3v) is 1.36. The van der Waals surface area contributed by atoms with E-state index in [4.69, 9.17) is 14.5 Å². The lowest BCUT2D eigenvalue weighted by Crippen LogP contribution is -2.26. The van der Waals surface area contributed by atoms with Crippen molar-refractivity contribution in [3.63, 3.8) is 0 Å². The smallest absolute Gasteiger partial charge is 0.195 e. The molecule has 0 amide bonds. The lowest BCUT2D eigenvalue weighted by atomic mass is 10.3. The second kappa shape index (κ2) is 5.30. The summed E-state index contributed by atoms with van der Waals surface area (Å²) in [5.41, 5.74) is 1.08. The minimum atomic E-state index is -0.672. The highest BCUT2D eigenvalue weighted by atomic mass is 17.2. The Morgan fingerprint density at radius 3 is 2.42 bits per heavy atom. The van der Waals surface area contributed by atoms with Crippen LogP contribution in [-0.4, -0.2) is 19.5 Å². The molecule has 0 unspecified atom stereocenters. The molecular weight excluding hydrogens is 156 g/mol. The van der Waals surface area contributed by atoms with Crippen molar-refractivity contribution in [1.82, 2.24) is 0 Å². The van der Waals surface area contributed by atoms with E-state index in [0.717, 1.165) is 12.0 Å². The van der Waals surface area contributed by atoms with Gasteiger partial charge in [0, 0.05) is 7.11 Å². The maximum Gasteiger partial charge on any atom is 0.195 e. The largest absolute Gasteiger partial charge is 0.351 e. The maximum absolute atomic E-state index is 4.98. The summed E-state index contributed by atoms with van der Waals surface area (Å²) in [7, 11) is 1.57. The average Bonchev–Trinajstić information content (AvgIpc) is 1.98. The Kier molecular flexibility index (Phi) is 5.13. The zero-order chi connectivity index (χ0) is 9.61. The zero-order valence-corrected chi connectivity index (χ0v) is 8.35. The van der Waals surface area contributed by atoms with Gasteiger partial charge in [-0.25, -0.2) is 9.78 Å². The standard InChI is InChI=1S/C9H18O3/c1-8(2)6-7-11-12-9(3,4)10-5/h1,6-7H2,2-5H3. The van der Waals surface area contributed by atoms with Crippen LogP contribution in [0.2, 0.25) is 0 Å². The van der Waals surface area contributed by atoms with Crippen LogP contribution in [0.4, 0.5) is 0 Å². The molecule has 0 aliphatic rings. The monoisotopic (exact) mass is 174 g/mol. The number of ether oxygens (including phenoxy) is 1. The van der Waals surface area contributed by atoms with Crippen molar-refractivity contribution in [2.45, 2.75) is 33.0 Å². The molecule has 0 aromatic heterocycles. The summed E-state index contributed by atoms with van der Waals surface area (Å²) in [6.07, 6.45) is 0.805. The van der Waals surface area contributed by atoms with Gasteiger partial charge in [0.05, 0.1) is 6.61 Å². The highest BCUT2D eigenvalue weighted by Gasteiger charge is 2.17. The van der Waals surface area contributed by atoms with Gasteiger partial charge < -0.3 is 4.74 Å². The van der Waals surface area contributed by atoms with E-state index < -0.39 is 5.79 Å². The third-order valence-electron chi connectivity index (χ3n) is 1.36. The molecule has 0 aliphatic heterocycles. The molecule has 0 saturated carbocycles. The second-order valence-corrected chi connectivity index (χ2v) is 3.22. The SMILES string of the molecule is C=C(C)CCOOC(C)(C)OC. The van der Waals surface area contributed by atoms with Crippen LogP contribution >= 0.6 is 0 Å². The van der Waals surface area contributed by atoms with Gasteiger partial charge in [-0.15, -0.1) is 6.58 Å². The summed E-state index contributed by atoms with van der Waals surface area (Å²) in [6.45, 7) is 9.78.